The van der Waals surface area contributed by atoms with Crippen LogP contribution >= 0.6 is 11.3 Å². The second-order valence-corrected chi connectivity index (χ2v) is 7.21. The van der Waals surface area contributed by atoms with Gasteiger partial charge in [0, 0.05) is 28.4 Å². The Morgan fingerprint density at radius 3 is 2.66 bits per heavy atom. The molecule has 2 aromatic carbocycles. The van der Waals surface area contributed by atoms with Crippen LogP contribution in [0.5, 0.6) is 5.75 Å². The Morgan fingerprint density at radius 2 is 1.93 bits per heavy atom. The number of para-hydroxylation sites is 1. The van der Waals surface area contributed by atoms with E-state index in [4.69, 9.17) is 4.74 Å². The highest BCUT2D eigenvalue weighted by Crippen LogP contribution is 2.32. The van der Waals surface area contributed by atoms with Crippen molar-refractivity contribution in [1.82, 2.24) is 14.8 Å². The lowest BCUT2D eigenvalue weighted by Crippen LogP contribution is -2.12. The number of thiazole rings is 1. The fourth-order valence-electron chi connectivity index (χ4n) is 2.98. The van der Waals surface area contributed by atoms with Crippen LogP contribution in [0, 0.1) is 6.92 Å². The van der Waals surface area contributed by atoms with Gasteiger partial charge in [0.1, 0.15) is 5.75 Å². The van der Waals surface area contributed by atoms with E-state index in [1.165, 1.54) is 11.3 Å². The number of nitrogens with one attached hydrogen (secondary N) is 1. The number of ether oxygens (including phenoxy) is 1. The largest absolute Gasteiger partial charge is 0.493 e. The summed E-state index contributed by atoms with van der Waals surface area (Å²) in [5.74, 6) is 0.579. The first kappa shape index (κ1) is 18.9. The van der Waals surface area contributed by atoms with Crippen molar-refractivity contribution in [2.75, 3.05) is 11.9 Å². The lowest BCUT2D eigenvalue weighted by molar-refractivity contribution is 0.102. The summed E-state index contributed by atoms with van der Waals surface area (Å²) in [6.07, 6.45) is 1.75. The van der Waals surface area contributed by atoms with E-state index >= 15 is 0 Å². The highest BCUT2D eigenvalue weighted by Gasteiger charge is 2.13. The van der Waals surface area contributed by atoms with Crippen molar-refractivity contribution in [3.8, 4) is 22.7 Å². The summed E-state index contributed by atoms with van der Waals surface area (Å²) in [6, 6.07) is 17.0. The quantitative estimate of drug-likeness (QED) is 0.493. The molecule has 0 atom stereocenters. The van der Waals surface area contributed by atoms with E-state index in [1.54, 1.807) is 18.3 Å². The normalized spacial score (nSPS) is 10.7. The van der Waals surface area contributed by atoms with E-state index in [1.807, 2.05) is 66.4 Å². The van der Waals surface area contributed by atoms with Crippen LogP contribution in [-0.4, -0.2) is 27.3 Å². The minimum absolute atomic E-state index is 0.201. The van der Waals surface area contributed by atoms with Crippen LogP contribution in [-0.2, 0) is 0 Å². The molecule has 7 heteroatoms. The molecule has 1 N–H and O–H groups in total. The van der Waals surface area contributed by atoms with E-state index in [2.05, 4.69) is 15.4 Å². The Hall–Kier alpha value is -3.45. The van der Waals surface area contributed by atoms with E-state index < -0.39 is 0 Å². The number of nitrogens with zero attached hydrogens (tertiary/aromatic N) is 3. The van der Waals surface area contributed by atoms with Gasteiger partial charge in [-0.1, -0.05) is 12.1 Å². The van der Waals surface area contributed by atoms with E-state index in [-0.39, 0.29) is 5.91 Å². The molecule has 4 aromatic rings. The number of hydrogen-bond donors (Lipinski definition) is 1. The van der Waals surface area contributed by atoms with Gasteiger partial charge in [-0.2, -0.15) is 5.10 Å². The van der Waals surface area contributed by atoms with Crippen molar-refractivity contribution >= 4 is 22.4 Å². The molecule has 2 heterocycles. The van der Waals surface area contributed by atoms with E-state index in [0.717, 1.165) is 28.4 Å². The second-order valence-electron chi connectivity index (χ2n) is 6.35. The van der Waals surface area contributed by atoms with Gasteiger partial charge in [0.25, 0.3) is 5.91 Å². The first-order chi connectivity index (χ1) is 14.2. The number of rotatable bonds is 6. The molecular weight excluding hydrogens is 384 g/mol. The standard InChI is InChI=1S/C22H20N4O2S/c1-3-28-20-7-5-4-6-18(20)19-14-29-22(24-19)25-21(27)16-8-10-17(11-9-16)26-15(2)12-13-23-26/h4-14H,3H2,1-2H3,(H,24,25,27). The maximum atomic E-state index is 12.6. The van der Waals surface area contributed by atoms with Gasteiger partial charge in [-0.3, -0.25) is 10.1 Å². The molecule has 2 aromatic heterocycles. The van der Waals surface area contributed by atoms with Gasteiger partial charge in [0.2, 0.25) is 0 Å². The third-order valence-corrected chi connectivity index (χ3v) is 5.15. The molecule has 0 saturated carbocycles. The van der Waals surface area contributed by atoms with Crippen molar-refractivity contribution < 1.29 is 9.53 Å². The molecule has 0 spiro atoms. The molecule has 1 amide bonds. The lowest BCUT2D eigenvalue weighted by atomic mass is 10.1. The van der Waals surface area contributed by atoms with Crippen LogP contribution in [0.4, 0.5) is 5.13 Å². The molecule has 4 rings (SSSR count). The molecule has 0 bridgehead atoms. The zero-order valence-electron chi connectivity index (χ0n) is 16.1. The summed E-state index contributed by atoms with van der Waals surface area (Å²) in [5.41, 5.74) is 4.19. The average Bonchev–Trinajstić information content (AvgIpc) is 3.38. The Balaban J connectivity index is 1.49. The van der Waals surface area contributed by atoms with Gasteiger partial charge in [0.15, 0.2) is 5.13 Å². The monoisotopic (exact) mass is 404 g/mol. The number of aryl methyl sites for hydroxylation is 1. The molecule has 0 saturated heterocycles. The third kappa shape index (κ3) is 4.05. The summed E-state index contributed by atoms with van der Waals surface area (Å²) in [7, 11) is 0. The number of aromatic nitrogens is 3. The van der Waals surface area contributed by atoms with Crippen molar-refractivity contribution in [2.24, 2.45) is 0 Å². The fourth-order valence-corrected chi connectivity index (χ4v) is 3.68. The molecule has 0 aliphatic heterocycles. The van der Waals surface area contributed by atoms with Crippen LogP contribution in [0.3, 0.4) is 0 Å². The Bertz CT molecular complexity index is 1130. The maximum Gasteiger partial charge on any atom is 0.257 e. The minimum atomic E-state index is -0.201. The van der Waals surface area contributed by atoms with Gasteiger partial charge in [-0.15, -0.1) is 11.3 Å². The second kappa shape index (κ2) is 8.28. The van der Waals surface area contributed by atoms with Crippen molar-refractivity contribution in [1.29, 1.82) is 0 Å². The van der Waals surface area contributed by atoms with Crippen molar-refractivity contribution in [2.45, 2.75) is 13.8 Å². The summed E-state index contributed by atoms with van der Waals surface area (Å²) >= 11 is 1.38. The van der Waals surface area contributed by atoms with Gasteiger partial charge in [-0.05, 0) is 56.3 Å². The highest BCUT2D eigenvalue weighted by atomic mass is 32.1. The Labute approximate surface area is 172 Å². The third-order valence-electron chi connectivity index (χ3n) is 4.39. The maximum absolute atomic E-state index is 12.6. The minimum Gasteiger partial charge on any atom is -0.493 e. The zero-order valence-corrected chi connectivity index (χ0v) is 16.9. The predicted octanol–water partition coefficient (Wildman–Crippen LogP) is 4.96. The molecule has 146 valence electrons. The van der Waals surface area contributed by atoms with E-state index in [9.17, 15) is 4.79 Å². The summed E-state index contributed by atoms with van der Waals surface area (Å²) < 4.78 is 7.50. The molecular formula is C22H20N4O2S. The Kier molecular flexibility index (Phi) is 5.39. The van der Waals surface area contributed by atoms with Gasteiger partial charge in [0.05, 0.1) is 18.0 Å². The molecule has 6 nitrogen and oxygen atoms in total. The molecule has 0 aliphatic carbocycles. The average molecular weight is 404 g/mol. The van der Waals surface area contributed by atoms with Crippen LogP contribution in [0.2, 0.25) is 0 Å². The lowest BCUT2D eigenvalue weighted by Gasteiger charge is -2.07. The topological polar surface area (TPSA) is 69.0 Å². The number of anilines is 1. The van der Waals surface area contributed by atoms with Gasteiger partial charge < -0.3 is 4.74 Å². The number of hydrogen-bond acceptors (Lipinski definition) is 5. The fraction of sp³-hybridized carbons (Fsp3) is 0.136. The summed E-state index contributed by atoms with van der Waals surface area (Å²) in [4.78, 5) is 17.2. The zero-order chi connectivity index (χ0) is 20.2. The SMILES string of the molecule is CCOc1ccccc1-c1csc(NC(=O)c2ccc(-n3nccc3C)cc2)n1. The summed E-state index contributed by atoms with van der Waals surface area (Å²) in [6.45, 7) is 4.51. The van der Waals surface area contributed by atoms with Gasteiger partial charge >= 0.3 is 0 Å². The highest BCUT2D eigenvalue weighted by molar-refractivity contribution is 7.14. The first-order valence-electron chi connectivity index (χ1n) is 9.26. The molecule has 0 aliphatic rings. The predicted molar refractivity (Wildman–Crippen MR) is 115 cm³/mol. The number of benzene rings is 2. The molecule has 29 heavy (non-hydrogen) atoms. The van der Waals surface area contributed by atoms with Crippen LogP contribution in [0.1, 0.15) is 23.0 Å². The molecule has 0 unspecified atom stereocenters. The molecule has 0 radical (unpaired) electrons. The van der Waals surface area contributed by atoms with Crippen molar-refractivity contribution in [3.05, 3.63) is 77.4 Å². The first-order valence-corrected chi connectivity index (χ1v) is 10.1. The molecule has 0 fully saturated rings. The van der Waals surface area contributed by atoms with Gasteiger partial charge in [-0.25, -0.2) is 9.67 Å². The van der Waals surface area contributed by atoms with Crippen molar-refractivity contribution in [3.63, 3.8) is 0 Å². The number of carbonyl (C=O) groups is 1. The Morgan fingerprint density at radius 1 is 1.14 bits per heavy atom. The van der Waals surface area contributed by atoms with E-state index in [0.29, 0.717) is 17.3 Å². The van der Waals surface area contributed by atoms with Crippen LogP contribution in [0.25, 0.3) is 16.9 Å². The number of carbonyl (C=O) groups excluding carboxylic acids is 1. The smallest absolute Gasteiger partial charge is 0.257 e. The van der Waals surface area contributed by atoms with Crippen LogP contribution < -0.4 is 10.1 Å². The number of amides is 1. The summed E-state index contributed by atoms with van der Waals surface area (Å²) in [5, 5.41) is 9.61. The van der Waals surface area contributed by atoms with Crippen LogP contribution in [0.15, 0.2) is 66.2 Å².